The van der Waals surface area contributed by atoms with Gasteiger partial charge in [0, 0.05) is 24.2 Å². The number of hydrogen-bond donors (Lipinski definition) is 2. The zero-order chi connectivity index (χ0) is 14.9. The van der Waals surface area contributed by atoms with Crippen molar-refractivity contribution >= 4 is 5.91 Å². The molecule has 2 N–H and O–H groups in total. The number of likely N-dealkylation sites (tertiary alicyclic amines) is 1. The predicted octanol–water partition coefficient (Wildman–Crippen LogP) is 1.25. The molecule has 0 aliphatic carbocycles. The van der Waals surface area contributed by atoms with Crippen molar-refractivity contribution in [1.82, 2.24) is 10.2 Å². The van der Waals surface area contributed by atoms with Crippen LogP contribution in [-0.2, 0) is 0 Å². The van der Waals surface area contributed by atoms with Gasteiger partial charge in [0.2, 0.25) is 0 Å². The SMILES string of the molecule is O=C(NCCN1CCCCC1)c1cccc(C#CCO)c1. The minimum absolute atomic E-state index is 0.0698. The second kappa shape index (κ2) is 8.46. The number of rotatable bonds is 4. The Morgan fingerprint density at radius 3 is 2.86 bits per heavy atom. The summed E-state index contributed by atoms with van der Waals surface area (Å²) in [7, 11) is 0. The van der Waals surface area contributed by atoms with Crippen molar-refractivity contribution in [2.45, 2.75) is 19.3 Å². The Bertz CT molecular complexity index is 525. The van der Waals surface area contributed by atoms with Gasteiger partial charge >= 0.3 is 0 Å². The fourth-order valence-corrected chi connectivity index (χ4v) is 2.49. The third kappa shape index (κ3) is 5.22. The second-order valence-corrected chi connectivity index (χ2v) is 5.20. The number of amides is 1. The molecular weight excluding hydrogens is 264 g/mol. The van der Waals surface area contributed by atoms with Crippen molar-refractivity contribution in [2.75, 3.05) is 32.8 Å². The lowest BCUT2D eigenvalue weighted by Gasteiger charge is -2.26. The van der Waals surface area contributed by atoms with Crippen molar-refractivity contribution in [1.29, 1.82) is 0 Å². The molecule has 0 spiro atoms. The van der Waals surface area contributed by atoms with Crippen molar-refractivity contribution in [3.05, 3.63) is 35.4 Å². The molecule has 0 radical (unpaired) electrons. The molecule has 1 amide bonds. The molecule has 0 atom stereocenters. The zero-order valence-corrected chi connectivity index (χ0v) is 12.3. The van der Waals surface area contributed by atoms with E-state index in [1.165, 1.54) is 19.3 Å². The number of nitrogens with zero attached hydrogens (tertiary/aromatic N) is 1. The van der Waals surface area contributed by atoms with Crippen LogP contribution in [0.2, 0.25) is 0 Å². The summed E-state index contributed by atoms with van der Waals surface area (Å²) in [4.78, 5) is 14.5. The van der Waals surface area contributed by atoms with E-state index in [2.05, 4.69) is 22.1 Å². The van der Waals surface area contributed by atoms with E-state index in [-0.39, 0.29) is 12.5 Å². The first-order valence-electron chi connectivity index (χ1n) is 7.50. The minimum atomic E-state index is -0.174. The molecule has 0 bridgehead atoms. The normalized spacial score (nSPS) is 15.1. The number of hydrogen-bond acceptors (Lipinski definition) is 3. The Balaban J connectivity index is 1.82. The summed E-state index contributed by atoms with van der Waals surface area (Å²) in [5.41, 5.74) is 1.35. The highest BCUT2D eigenvalue weighted by Crippen LogP contribution is 2.07. The van der Waals surface area contributed by atoms with Gasteiger partial charge < -0.3 is 15.3 Å². The maximum Gasteiger partial charge on any atom is 0.251 e. The average molecular weight is 286 g/mol. The fourth-order valence-electron chi connectivity index (χ4n) is 2.49. The summed E-state index contributed by atoms with van der Waals surface area (Å²) in [6, 6.07) is 7.16. The van der Waals surface area contributed by atoms with Gasteiger partial charge in [-0.25, -0.2) is 0 Å². The number of nitrogens with one attached hydrogen (secondary N) is 1. The minimum Gasteiger partial charge on any atom is -0.384 e. The first-order chi connectivity index (χ1) is 10.3. The van der Waals surface area contributed by atoms with Crippen LogP contribution in [0, 0.1) is 11.8 Å². The number of piperidine rings is 1. The highest BCUT2D eigenvalue weighted by Gasteiger charge is 2.10. The quantitative estimate of drug-likeness (QED) is 0.819. The van der Waals surface area contributed by atoms with Gasteiger partial charge in [0.25, 0.3) is 5.91 Å². The standard InChI is InChI=1S/C17H22N2O2/c20-13-5-7-15-6-4-8-16(14-15)17(21)18-9-12-19-10-2-1-3-11-19/h4,6,8,14,20H,1-3,9-13H2,(H,18,21). The van der Waals surface area contributed by atoms with E-state index >= 15 is 0 Å². The van der Waals surface area contributed by atoms with Crippen molar-refractivity contribution in [3.8, 4) is 11.8 Å². The molecule has 4 nitrogen and oxygen atoms in total. The number of carbonyl (C=O) groups is 1. The topological polar surface area (TPSA) is 52.6 Å². The van der Waals surface area contributed by atoms with Crippen molar-refractivity contribution in [3.63, 3.8) is 0 Å². The molecule has 0 aromatic heterocycles. The molecule has 1 heterocycles. The van der Waals surface area contributed by atoms with Crippen molar-refractivity contribution in [2.24, 2.45) is 0 Å². The maximum absolute atomic E-state index is 12.1. The number of aliphatic hydroxyl groups is 1. The number of aliphatic hydroxyl groups excluding tert-OH is 1. The average Bonchev–Trinajstić information content (AvgIpc) is 2.54. The van der Waals surface area contributed by atoms with Gasteiger partial charge in [-0.05, 0) is 44.1 Å². The molecule has 1 aromatic rings. The summed E-state index contributed by atoms with van der Waals surface area (Å²) < 4.78 is 0. The lowest BCUT2D eigenvalue weighted by atomic mass is 10.1. The van der Waals surface area contributed by atoms with E-state index in [1.54, 1.807) is 18.2 Å². The van der Waals surface area contributed by atoms with Crippen LogP contribution in [-0.4, -0.2) is 48.7 Å². The molecule has 21 heavy (non-hydrogen) atoms. The van der Waals surface area contributed by atoms with E-state index in [4.69, 9.17) is 5.11 Å². The largest absolute Gasteiger partial charge is 0.384 e. The van der Waals surface area contributed by atoms with Crippen LogP contribution in [0.25, 0.3) is 0 Å². The molecule has 2 rings (SSSR count). The summed E-state index contributed by atoms with van der Waals surface area (Å²) in [5.74, 6) is 5.32. The Hall–Kier alpha value is -1.83. The van der Waals surface area contributed by atoms with Crippen LogP contribution >= 0.6 is 0 Å². The molecule has 1 aromatic carbocycles. The van der Waals surface area contributed by atoms with E-state index in [0.29, 0.717) is 12.1 Å². The second-order valence-electron chi connectivity index (χ2n) is 5.20. The molecule has 1 fully saturated rings. The van der Waals surface area contributed by atoms with Gasteiger partial charge in [0.1, 0.15) is 6.61 Å². The lowest BCUT2D eigenvalue weighted by molar-refractivity contribution is 0.0946. The maximum atomic E-state index is 12.1. The van der Waals surface area contributed by atoms with Gasteiger partial charge in [-0.2, -0.15) is 0 Å². The predicted molar refractivity (Wildman–Crippen MR) is 83.0 cm³/mol. The van der Waals surface area contributed by atoms with Crippen LogP contribution in [0.4, 0.5) is 0 Å². The first-order valence-corrected chi connectivity index (χ1v) is 7.50. The fraction of sp³-hybridized carbons (Fsp3) is 0.471. The Labute approximate surface area is 126 Å². The first kappa shape index (κ1) is 15.6. The lowest BCUT2D eigenvalue weighted by Crippen LogP contribution is -2.37. The zero-order valence-electron chi connectivity index (χ0n) is 12.3. The summed E-state index contributed by atoms with van der Waals surface area (Å²) in [6.07, 6.45) is 3.85. The molecule has 112 valence electrons. The van der Waals surface area contributed by atoms with E-state index < -0.39 is 0 Å². The van der Waals surface area contributed by atoms with Crippen LogP contribution in [0.5, 0.6) is 0 Å². The molecular formula is C17H22N2O2. The van der Waals surface area contributed by atoms with Gasteiger partial charge in [-0.3, -0.25) is 4.79 Å². The number of carbonyl (C=O) groups excluding carboxylic acids is 1. The van der Waals surface area contributed by atoms with Crippen molar-refractivity contribution < 1.29 is 9.90 Å². The monoisotopic (exact) mass is 286 g/mol. The van der Waals surface area contributed by atoms with Gasteiger partial charge in [0.15, 0.2) is 0 Å². The molecule has 1 saturated heterocycles. The van der Waals surface area contributed by atoms with E-state index in [1.807, 2.05) is 6.07 Å². The third-order valence-corrected chi connectivity index (χ3v) is 3.60. The number of benzene rings is 1. The van der Waals surface area contributed by atoms with Crippen LogP contribution in [0.1, 0.15) is 35.2 Å². The highest BCUT2D eigenvalue weighted by atomic mass is 16.2. The molecule has 1 aliphatic heterocycles. The highest BCUT2D eigenvalue weighted by molar-refractivity contribution is 5.94. The molecule has 0 saturated carbocycles. The van der Waals surface area contributed by atoms with Gasteiger partial charge in [-0.15, -0.1) is 0 Å². The summed E-state index contributed by atoms with van der Waals surface area (Å²) in [5, 5.41) is 11.6. The van der Waals surface area contributed by atoms with Crippen LogP contribution in [0.3, 0.4) is 0 Å². The molecule has 4 heteroatoms. The van der Waals surface area contributed by atoms with Gasteiger partial charge in [-0.1, -0.05) is 24.3 Å². The van der Waals surface area contributed by atoms with Gasteiger partial charge in [0.05, 0.1) is 0 Å². The van der Waals surface area contributed by atoms with Crippen LogP contribution < -0.4 is 5.32 Å². The summed E-state index contributed by atoms with van der Waals surface area (Å²) >= 11 is 0. The van der Waals surface area contributed by atoms with E-state index in [9.17, 15) is 4.79 Å². The summed E-state index contributed by atoms with van der Waals surface area (Å²) in [6.45, 7) is 3.69. The Kier molecular flexibility index (Phi) is 6.26. The Morgan fingerprint density at radius 2 is 2.10 bits per heavy atom. The Morgan fingerprint density at radius 1 is 1.29 bits per heavy atom. The van der Waals surface area contributed by atoms with E-state index in [0.717, 1.165) is 25.2 Å². The molecule has 0 unspecified atom stereocenters. The smallest absolute Gasteiger partial charge is 0.251 e. The van der Waals surface area contributed by atoms with Crippen LogP contribution in [0.15, 0.2) is 24.3 Å². The third-order valence-electron chi connectivity index (χ3n) is 3.60. The molecule has 1 aliphatic rings.